The minimum Gasteiger partial charge on any atom is -0.270 e. The number of aromatic nitrogens is 3. The Bertz CT molecular complexity index is 1300. The van der Waals surface area contributed by atoms with Crippen LogP contribution in [0.4, 0.5) is 5.69 Å². The smallest absolute Gasteiger partial charge is 0.269 e. The van der Waals surface area contributed by atoms with Gasteiger partial charge in [0.05, 0.1) is 4.92 Å². The molecular weight excluding hydrogens is 456 g/mol. The molecule has 0 fully saturated rings. The zero-order valence-corrected chi connectivity index (χ0v) is 21.5. The quantitative estimate of drug-likeness (QED) is 0.153. The van der Waals surface area contributed by atoms with E-state index in [0.717, 1.165) is 27.8 Å². The first kappa shape index (κ1) is 24.7. The summed E-state index contributed by atoms with van der Waals surface area (Å²) in [5.41, 5.74) is 5.69. The fourth-order valence-corrected chi connectivity index (χ4v) is 4.68. The monoisotopic (exact) mass is 486 g/mol. The summed E-state index contributed by atoms with van der Waals surface area (Å²) in [6.45, 7) is 11.0. The van der Waals surface area contributed by atoms with Crippen molar-refractivity contribution in [2.75, 3.05) is 0 Å². The van der Waals surface area contributed by atoms with Gasteiger partial charge in [-0.2, -0.15) is 0 Å². The molecule has 0 aliphatic heterocycles. The van der Waals surface area contributed by atoms with E-state index < -0.39 is 0 Å². The first-order chi connectivity index (χ1) is 16.6. The Morgan fingerprint density at radius 1 is 0.914 bits per heavy atom. The highest BCUT2D eigenvalue weighted by Gasteiger charge is 2.19. The van der Waals surface area contributed by atoms with Gasteiger partial charge in [0.25, 0.3) is 5.69 Å². The van der Waals surface area contributed by atoms with E-state index in [1.807, 2.05) is 0 Å². The number of nitro benzene ring substituents is 1. The number of thioether (sulfide) groups is 1. The summed E-state index contributed by atoms with van der Waals surface area (Å²) in [6, 6.07) is 23.7. The molecule has 0 atom stereocenters. The van der Waals surface area contributed by atoms with Gasteiger partial charge in [-0.3, -0.25) is 14.7 Å². The fourth-order valence-electron chi connectivity index (χ4n) is 3.77. The van der Waals surface area contributed by atoms with E-state index in [2.05, 4.69) is 97.9 Å². The topological polar surface area (TPSA) is 73.8 Å². The molecule has 0 radical (unpaired) electrons. The number of hydrogen-bond donors (Lipinski definition) is 0. The van der Waals surface area contributed by atoms with Crippen LogP contribution in [-0.4, -0.2) is 19.7 Å². The van der Waals surface area contributed by atoms with Gasteiger partial charge >= 0.3 is 0 Å². The number of rotatable bonds is 7. The van der Waals surface area contributed by atoms with Gasteiger partial charge in [-0.05, 0) is 40.2 Å². The molecule has 4 rings (SSSR count). The van der Waals surface area contributed by atoms with Crippen LogP contribution in [0.2, 0.25) is 0 Å². The molecule has 0 saturated heterocycles. The van der Waals surface area contributed by atoms with Crippen LogP contribution in [0, 0.1) is 10.1 Å². The van der Waals surface area contributed by atoms with E-state index >= 15 is 0 Å². The fraction of sp³-hybridized carbons (Fsp3) is 0.286. The van der Waals surface area contributed by atoms with Gasteiger partial charge in [-0.25, -0.2) is 0 Å². The molecule has 1 aromatic heterocycles. The van der Waals surface area contributed by atoms with E-state index in [1.54, 1.807) is 23.9 Å². The molecule has 4 aromatic rings. The van der Waals surface area contributed by atoms with Gasteiger partial charge in [-0.15, -0.1) is 10.2 Å². The lowest BCUT2D eigenvalue weighted by Crippen LogP contribution is -2.10. The van der Waals surface area contributed by atoms with E-state index in [0.29, 0.717) is 11.7 Å². The van der Waals surface area contributed by atoms with Crippen LogP contribution < -0.4 is 0 Å². The van der Waals surface area contributed by atoms with Crippen molar-refractivity contribution >= 4 is 17.4 Å². The van der Waals surface area contributed by atoms with Crippen LogP contribution in [0.5, 0.6) is 0 Å². The third kappa shape index (κ3) is 5.62. The Labute approximate surface area is 210 Å². The van der Waals surface area contributed by atoms with Crippen LogP contribution in [0.1, 0.15) is 57.2 Å². The van der Waals surface area contributed by atoms with Crippen LogP contribution in [-0.2, 0) is 11.2 Å². The van der Waals surface area contributed by atoms with Crippen molar-refractivity contribution in [2.45, 2.75) is 56.9 Å². The maximum atomic E-state index is 11.0. The Hall–Kier alpha value is -3.45. The van der Waals surface area contributed by atoms with Crippen molar-refractivity contribution in [3.05, 3.63) is 99.6 Å². The minimum atomic E-state index is -0.383. The van der Waals surface area contributed by atoms with Gasteiger partial charge in [0.1, 0.15) is 0 Å². The number of non-ortho nitro benzene ring substituents is 1. The lowest BCUT2D eigenvalue weighted by Gasteiger charge is -2.19. The third-order valence-electron chi connectivity index (χ3n) is 5.98. The summed E-state index contributed by atoms with van der Waals surface area (Å²) in [5.74, 6) is 1.86. The Balaban J connectivity index is 1.69. The molecule has 7 heteroatoms. The molecule has 3 aromatic carbocycles. The van der Waals surface area contributed by atoms with Gasteiger partial charge in [0.2, 0.25) is 0 Å². The predicted octanol–water partition coefficient (Wildman–Crippen LogP) is 7.56. The maximum absolute atomic E-state index is 11.0. The molecule has 0 aliphatic rings. The molecule has 0 aliphatic carbocycles. The van der Waals surface area contributed by atoms with E-state index in [9.17, 15) is 10.1 Å². The molecule has 35 heavy (non-hydrogen) atoms. The Kier molecular flexibility index (Phi) is 7.08. The van der Waals surface area contributed by atoms with E-state index in [-0.39, 0.29) is 16.0 Å². The molecule has 0 N–H and O–H groups in total. The Morgan fingerprint density at radius 2 is 1.54 bits per heavy atom. The largest absolute Gasteiger partial charge is 0.270 e. The third-order valence-corrected chi connectivity index (χ3v) is 6.98. The van der Waals surface area contributed by atoms with Crippen molar-refractivity contribution in [1.29, 1.82) is 0 Å². The average molecular weight is 487 g/mol. The number of hydrogen-bond acceptors (Lipinski definition) is 5. The Morgan fingerprint density at radius 3 is 2.09 bits per heavy atom. The summed E-state index contributed by atoms with van der Waals surface area (Å²) < 4.78 is 2.09. The van der Waals surface area contributed by atoms with E-state index in [1.165, 1.54) is 23.3 Å². The predicted molar refractivity (Wildman–Crippen MR) is 142 cm³/mol. The summed E-state index contributed by atoms with van der Waals surface area (Å²) >= 11 is 1.56. The van der Waals surface area contributed by atoms with Gasteiger partial charge in [0, 0.05) is 29.1 Å². The van der Waals surface area contributed by atoms with Crippen molar-refractivity contribution in [1.82, 2.24) is 14.8 Å². The van der Waals surface area contributed by atoms with Crippen LogP contribution in [0.25, 0.3) is 17.1 Å². The standard InChI is InChI=1S/C28H30N4O2S/c1-19(2)21-10-16-24(17-11-21)31-26(22-8-12-23(13-9-22)28(3,4)5)29-30-27(31)35-18-20-6-14-25(15-7-20)32(33)34/h6-17,19H,18H2,1-5H3. The number of nitrogens with zero attached hydrogens (tertiary/aromatic N) is 4. The molecule has 1 heterocycles. The minimum absolute atomic E-state index is 0.0741. The molecule has 0 unspecified atom stereocenters. The summed E-state index contributed by atoms with van der Waals surface area (Å²) in [5, 5.41) is 20.8. The lowest BCUT2D eigenvalue weighted by atomic mass is 9.87. The molecule has 180 valence electrons. The SMILES string of the molecule is CC(C)c1ccc(-n2c(SCc3ccc([N+](=O)[O-])cc3)nnc2-c2ccc(C(C)(C)C)cc2)cc1. The van der Waals surface area contributed by atoms with E-state index in [4.69, 9.17) is 0 Å². The molecular formula is C28H30N4O2S. The van der Waals surface area contributed by atoms with Crippen molar-refractivity contribution in [2.24, 2.45) is 0 Å². The highest BCUT2D eigenvalue weighted by Crippen LogP contribution is 2.32. The maximum Gasteiger partial charge on any atom is 0.269 e. The second-order valence-electron chi connectivity index (χ2n) is 9.93. The van der Waals surface area contributed by atoms with Crippen LogP contribution in [0.15, 0.2) is 78.0 Å². The second kappa shape index (κ2) is 10.0. The van der Waals surface area contributed by atoms with Crippen molar-refractivity contribution < 1.29 is 4.92 Å². The summed E-state index contributed by atoms with van der Waals surface area (Å²) in [7, 11) is 0. The summed E-state index contributed by atoms with van der Waals surface area (Å²) in [4.78, 5) is 10.6. The van der Waals surface area contributed by atoms with Crippen LogP contribution >= 0.6 is 11.8 Å². The molecule has 0 bridgehead atoms. The van der Waals surface area contributed by atoms with Gasteiger partial charge < -0.3 is 0 Å². The highest BCUT2D eigenvalue weighted by molar-refractivity contribution is 7.98. The molecule has 0 amide bonds. The first-order valence-electron chi connectivity index (χ1n) is 11.7. The summed E-state index contributed by atoms with van der Waals surface area (Å²) in [6.07, 6.45) is 0. The highest BCUT2D eigenvalue weighted by atomic mass is 32.2. The average Bonchev–Trinajstić information content (AvgIpc) is 3.26. The second-order valence-corrected chi connectivity index (χ2v) is 10.9. The zero-order valence-electron chi connectivity index (χ0n) is 20.7. The molecule has 0 spiro atoms. The normalized spacial score (nSPS) is 11.7. The number of benzene rings is 3. The zero-order chi connectivity index (χ0) is 25.2. The van der Waals surface area contributed by atoms with Crippen LogP contribution in [0.3, 0.4) is 0 Å². The first-order valence-corrected chi connectivity index (χ1v) is 12.6. The van der Waals surface area contributed by atoms with Crippen molar-refractivity contribution in [3.63, 3.8) is 0 Å². The molecule has 0 saturated carbocycles. The molecule has 6 nitrogen and oxygen atoms in total. The number of nitro groups is 1. The van der Waals surface area contributed by atoms with Crippen molar-refractivity contribution in [3.8, 4) is 17.1 Å². The van der Waals surface area contributed by atoms with Gasteiger partial charge in [-0.1, -0.05) is 94.9 Å². The lowest BCUT2D eigenvalue weighted by molar-refractivity contribution is -0.384. The van der Waals surface area contributed by atoms with Gasteiger partial charge in [0.15, 0.2) is 11.0 Å².